The molecule has 0 spiro atoms. The molecule has 174 valence electrons. The van der Waals surface area contributed by atoms with Gasteiger partial charge >= 0.3 is 0 Å². The highest BCUT2D eigenvalue weighted by Crippen LogP contribution is 2.31. The Hall–Kier alpha value is -3.93. The van der Waals surface area contributed by atoms with Gasteiger partial charge in [0.15, 0.2) is 17.3 Å². The first-order valence-corrected chi connectivity index (χ1v) is 11.3. The van der Waals surface area contributed by atoms with Crippen LogP contribution in [0.4, 0.5) is 20.2 Å². The lowest BCUT2D eigenvalue weighted by Gasteiger charge is -2.34. The van der Waals surface area contributed by atoms with Gasteiger partial charge in [0.05, 0.1) is 23.0 Å². The number of rotatable bonds is 5. The predicted molar refractivity (Wildman–Crippen MR) is 122 cm³/mol. The lowest BCUT2D eigenvalue weighted by atomic mass is 10.1. The number of piperidine rings is 1. The molecule has 0 saturated carbocycles. The average molecular weight is 463 g/mol. The zero-order valence-electron chi connectivity index (χ0n) is 18.4. The lowest BCUT2D eigenvalue weighted by Crippen LogP contribution is -2.38. The summed E-state index contributed by atoms with van der Waals surface area (Å²) in [6.07, 6.45) is 2.98. The molecule has 1 fully saturated rings. The van der Waals surface area contributed by atoms with Gasteiger partial charge in [-0.3, -0.25) is 9.48 Å². The summed E-state index contributed by atoms with van der Waals surface area (Å²) in [6, 6.07) is 12.4. The molecule has 0 unspecified atom stereocenters. The van der Waals surface area contributed by atoms with Crippen LogP contribution in [-0.4, -0.2) is 34.9 Å². The largest absolute Gasteiger partial charge is 0.487 e. The normalized spacial score (nSPS) is 15.6. The van der Waals surface area contributed by atoms with E-state index in [-0.39, 0.29) is 17.8 Å². The number of anilines is 2. The number of halogens is 2. The van der Waals surface area contributed by atoms with Gasteiger partial charge in [-0.15, -0.1) is 0 Å². The molecule has 0 aliphatic carbocycles. The van der Waals surface area contributed by atoms with Crippen molar-refractivity contribution in [2.45, 2.75) is 38.3 Å². The number of nitriles is 1. The SMILES string of the molecule is N#Cc1ccc(N2CCC(Oc3ccc(F)cc3F)CC2)c(NC(=O)c2cc3n(n2)CCC3)c1. The van der Waals surface area contributed by atoms with Crippen LogP contribution in [0.5, 0.6) is 5.75 Å². The maximum atomic E-state index is 13.9. The Kier molecular flexibility index (Phi) is 5.88. The molecule has 1 amide bonds. The fourth-order valence-electron chi connectivity index (χ4n) is 4.50. The zero-order valence-corrected chi connectivity index (χ0v) is 18.4. The Morgan fingerprint density at radius 3 is 2.68 bits per heavy atom. The van der Waals surface area contributed by atoms with Crippen LogP contribution in [0.25, 0.3) is 0 Å². The molecule has 1 N–H and O–H groups in total. The Labute approximate surface area is 195 Å². The van der Waals surface area contributed by atoms with Crippen LogP contribution in [0.2, 0.25) is 0 Å². The van der Waals surface area contributed by atoms with E-state index in [2.05, 4.69) is 21.4 Å². The molecule has 1 aromatic heterocycles. The highest BCUT2D eigenvalue weighted by Gasteiger charge is 2.25. The van der Waals surface area contributed by atoms with Crippen LogP contribution in [0.15, 0.2) is 42.5 Å². The lowest BCUT2D eigenvalue weighted by molar-refractivity contribution is 0.102. The molecule has 1 saturated heterocycles. The summed E-state index contributed by atoms with van der Waals surface area (Å²) in [5, 5.41) is 16.7. The minimum Gasteiger partial charge on any atom is -0.487 e. The Bertz CT molecular complexity index is 1250. The smallest absolute Gasteiger partial charge is 0.276 e. The third kappa shape index (κ3) is 4.44. The van der Waals surface area contributed by atoms with Crippen molar-refractivity contribution < 1.29 is 18.3 Å². The fraction of sp³-hybridized carbons (Fsp3) is 0.320. The molecule has 0 radical (unpaired) electrons. The standard InChI is InChI=1S/C25H23F2N5O2/c26-17-4-6-24(20(27)13-17)34-19-7-10-31(11-8-19)23-5-3-16(15-28)12-21(23)29-25(33)22-14-18-2-1-9-32(18)30-22/h3-6,12-14,19H,1-2,7-11H2,(H,29,33). The zero-order chi connectivity index (χ0) is 23.7. The first-order valence-electron chi connectivity index (χ1n) is 11.3. The van der Waals surface area contributed by atoms with Crippen LogP contribution >= 0.6 is 0 Å². The van der Waals surface area contributed by atoms with Crippen molar-refractivity contribution in [3.05, 3.63) is 71.1 Å². The van der Waals surface area contributed by atoms with Crippen LogP contribution in [0, 0.1) is 23.0 Å². The maximum Gasteiger partial charge on any atom is 0.276 e. The number of aromatic nitrogens is 2. The summed E-state index contributed by atoms with van der Waals surface area (Å²) in [5.41, 5.74) is 3.19. The van der Waals surface area contributed by atoms with Gasteiger partial charge in [-0.05, 0) is 49.2 Å². The minimum absolute atomic E-state index is 0.0399. The van der Waals surface area contributed by atoms with Crippen molar-refractivity contribution in [2.75, 3.05) is 23.3 Å². The van der Waals surface area contributed by atoms with E-state index in [1.807, 2.05) is 16.8 Å². The van der Waals surface area contributed by atoms with Crippen molar-refractivity contribution >= 4 is 17.3 Å². The Morgan fingerprint density at radius 2 is 1.94 bits per heavy atom. The highest BCUT2D eigenvalue weighted by molar-refractivity contribution is 6.05. The van der Waals surface area contributed by atoms with Gasteiger partial charge < -0.3 is 15.0 Å². The first-order chi connectivity index (χ1) is 16.5. The molecule has 3 heterocycles. The third-order valence-electron chi connectivity index (χ3n) is 6.24. The molecular weight excluding hydrogens is 440 g/mol. The van der Waals surface area contributed by atoms with Crippen molar-refractivity contribution in [3.8, 4) is 11.8 Å². The van der Waals surface area contributed by atoms with Gasteiger partial charge in [0.2, 0.25) is 0 Å². The molecular formula is C25H23F2N5O2. The van der Waals surface area contributed by atoms with Gasteiger partial charge in [-0.1, -0.05) is 0 Å². The summed E-state index contributed by atoms with van der Waals surface area (Å²) in [4.78, 5) is 15.0. The fourth-order valence-corrected chi connectivity index (χ4v) is 4.50. The molecule has 2 aliphatic heterocycles. The summed E-state index contributed by atoms with van der Waals surface area (Å²) in [6.45, 7) is 2.04. The second-order valence-electron chi connectivity index (χ2n) is 8.52. The van der Waals surface area contributed by atoms with Crippen LogP contribution in [0.1, 0.15) is 41.0 Å². The number of hydrogen-bond donors (Lipinski definition) is 1. The highest BCUT2D eigenvalue weighted by atomic mass is 19.1. The second kappa shape index (κ2) is 9.14. The van der Waals surface area contributed by atoms with E-state index in [0.29, 0.717) is 42.9 Å². The summed E-state index contributed by atoms with van der Waals surface area (Å²) in [7, 11) is 0. The Morgan fingerprint density at radius 1 is 1.12 bits per heavy atom. The van der Waals surface area contributed by atoms with E-state index < -0.39 is 11.6 Å². The van der Waals surface area contributed by atoms with E-state index in [1.54, 1.807) is 12.1 Å². The van der Waals surface area contributed by atoms with Gasteiger partial charge in [-0.2, -0.15) is 10.4 Å². The number of benzene rings is 2. The van der Waals surface area contributed by atoms with Gasteiger partial charge in [0, 0.05) is 44.2 Å². The van der Waals surface area contributed by atoms with Crippen LogP contribution < -0.4 is 15.0 Å². The molecule has 3 aromatic rings. The van der Waals surface area contributed by atoms with E-state index >= 15 is 0 Å². The molecule has 7 nitrogen and oxygen atoms in total. The monoisotopic (exact) mass is 463 g/mol. The van der Waals surface area contributed by atoms with Crippen molar-refractivity contribution in [1.29, 1.82) is 5.26 Å². The number of amides is 1. The third-order valence-corrected chi connectivity index (χ3v) is 6.24. The molecule has 0 bridgehead atoms. The average Bonchev–Trinajstić information content (AvgIpc) is 3.44. The molecule has 2 aliphatic rings. The minimum atomic E-state index is -0.718. The second-order valence-corrected chi connectivity index (χ2v) is 8.52. The number of nitrogens with one attached hydrogen (secondary N) is 1. The van der Waals surface area contributed by atoms with E-state index in [4.69, 9.17) is 4.74 Å². The topological polar surface area (TPSA) is 83.2 Å². The summed E-state index contributed by atoms with van der Waals surface area (Å²) in [5.74, 6) is -1.64. The van der Waals surface area contributed by atoms with Crippen molar-refractivity contribution in [1.82, 2.24) is 9.78 Å². The number of carbonyl (C=O) groups excluding carboxylic acids is 1. The van der Waals surface area contributed by atoms with Crippen molar-refractivity contribution in [3.63, 3.8) is 0 Å². The predicted octanol–water partition coefficient (Wildman–Crippen LogP) is 4.28. The summed E-state index contributed by atoms with van der Waals surface area (Å²) >= 11 is 0. The maximum absolute atomic E-state index is 13.9. The molecule has 5 rings (SSSR count). The molecule has 34 heavy (non-hydrogen) atoms. The number of hydrogen-bond acceptors (Lipinski definition) is 5. The van der Waals surface area contributed by atoms with Crippen LogP contribution in [0.3, 0.4) is 0 Å². The molecule has 0 atom stereocenters. The number of aryl methyl sites for hydroxylation is 2. The molecule has 2 aromatic carbocycles. The Balaban J connectivity index is 1.29. The van der Waals surface area contributed by atoms with Crippen molar-refractivity contribution in [2.24, 2.45) is 0 Å². The quantitative estimate of drug-likeness (QED) is 0.611. The van der Waals surface area contributed by atoms with Gasteiger partial charge in [0.25, 0.3) is 5.91 Å². The first kappa shape index (κ1) is 21.9. The van der Waals surface area contributed by atoms with Gasteiger partial charge in [-0.25, -0.2) is 8.78 Å². The number of ether oxygens (including phenoxy) is 1. The number of nitrogens with zero attached hydrogens (tertiary/aromatic N) is 4. The van der Waals surface area contributed by atoms with E-state index in [0.717, 1.165) is 36.8 Å². The molecule has 9 heteroatoms. The van der Waals surface area contributed by atoms with E-state index in [1.165, 1.54) is 12.1 Å². The number of carbonyl (C=O) groups is 1. The number of fused-ring (bicyclic) bond motifs is 1. The van der Waals surface area contributed by atoms with Gasteiger partial charge in [0.1, 0.15) is 11.9 Å². The van der Waals surface area contributed by atoms with Crippen LogP contribution in [-0.2, 0) is 13.0 Å². The summed E-state index contributed by atoms with van der Waals surface area (Å²) < 4.78 is 34.7. The van der Waals surface area contributed by atoms with E-state index in [9.17, 15) is 18.8 Å².